The van der Waals surface area contributed by atoms with Crippen molar-refractivity contribution in [2.75, 3.05) is 7.11 Å². The van der Waals surface area contributed by atoms with Gasteiger partial charge in [-0.2, -0.15) is 14.9 Å². The van der Waals surface area contributed by atoms with Gasteiger partial charge in [0.1, 0.15) is 5.75 Å². The Labute approximate surface area is 145 Å². The predicted molar refractivity (Wildman–Crippen MR) is 98.3 cm³/mol. The molecule has 0 saturated heterocycles. The molecule has 5 nitrogen and oxygen atoms in total. The third-order valence-electron chi connectivity index (χ3n) is 3.70. The summed E-state index contributed by atoms with van der Waals surface area (Å²) < 4.78 is 7.35. The molecule has 0 fully saturated rings. The normalized spacial score (nSPS) is 11.1. The van der Waals surface area contributed by atoms with Crippen LogP contribution in [0.2, 0.25) is 0 Å². The van der Waals surface area contributed by atoms with Crippen molar-refractivity contribution in [2.24, 2.45) is 5.10 Å². The van der Waals surface area contributed by atoms with E-state index in [-0.39, 0.29) is 0 Å². The zero-order valence-corrected chi connectivity index (χ0v) is 14.6. The Balaban J connectivity index is 1.96. The third-order valence-corrected chi connectivity index (χ3v) is 3.97. The molecule has 0 saturated carbocycles. The first-order chi connectivity index (χ1) is 11.6. The van der Waals surface area contributed by atoms with E-state index in [9.17, 15) is 0 Å². The minimum atomic E-state index is 0.451. The fourth-order valence-electron chi connectivity index (χ4n) is 2.39. The molecule has 0 aliphatic carbocycles. The van der Waals surface area contributed by atoms with Crippen LogP contribution in [-0.2, 0) is 0 Å². The zero-order chi connectivity index (χ0) is 17.1. The second-order valence-electron chi connectivity index (χ2n) is 5.50. The summed E-state index contributed by atoms with van der Waals surface area (Å²) in [5.74, 6) is 1.54. The first-order valence-corrected chi connectivity index (χ1v) is 7.93. The van der Waals surface area contributed by atoms with Gasteiger partial charge in [0, 0.05) is 5.56 Å². The number of nitrogens with one attached hydrogen (secondary N) is 1. The Kier molecular flexibility index (Phi) is 4.57. The van der Waals surface area contributed by atoms with E-state index in [1.807, 2.05) is 56.3 Å². The molecule has 0 bridgehead atoms. The molecule has 0 amide bonds. The highest BCUT2D eigenvalue weighted by atomic mass is 32.1. The van der Waals surface area contributed by atoms with E-state index < -0.39 is 0 Å². The van der Waals surface area contributed by atoms with Gasteiger partial charge in [0.05, 0.1) is 13.3 Å². The minimum Gasteiger partial charge on any atom is -0.496 e. The maximum atomic E-state index is 5.29. The first kappa shape index (κ1) is 16.1. The van der Waals surface area contributed by atoms with Crippen molar-refractivity contribution in [1.29, 1.82) is 0 Å². The van der Waals surface area contributed by atoms with Gasteiger partial charge >= 0.3 is 0 Å². The van der Waals surface area contributed by atoms with E-state index in [1.165, 1.54) is 5.56 Å². The maximum absolute atomic E-state index is 5.29. The highest BCUT2D eigenvalue weighted by Crippen LogP contribution is 2.19. The Hall–Kier alpha value is -2.73. The molecule has 2 aromatic carbocycles. The average molecular weight is 338 g/mol. The monoisotopic (exact) mass is 338 g/mol. The van der Waals surface area contributed by atoms with Crippen molar-refractivity contribution < 1.29 is 4.74 Å². The highest BCUT2D eigenvalue weighted by molar-refractivity contribution is 7.71. The molecule has 3 aromatic rings. The van der Waals surface area contributed by atoms with Crippen LogP contribution in [-0.4, -0.2) is 28.2 Å². The maximum Gasteiger partial charge on any atom is 0.216 e. The number of aromatic nitrogens is 3. The van der Waals surface area contributed by atoms with Crippen LogP contribution < -0.4 is 4.74 Å². The number of aryl methyl sites for hydroxylation is 2. The Morgan fingerprint density at radius 3 is 2.58 bits per heavy atom. The van der Waals surface area contributed by atoms with E-state index in [4.69, 9.17) is 17.0 Å². The summed E-state index contributed by atoms with van der Waals surface area (Å²) >= 11 is 5.29. The number of aromatic amines is 1. The third kappa shape index (κ3) is 3.28. The van der Waals surface area contributed by atoms with Crippen molar-refractivity contribution in [3.8, 4) is 17.1 Å². The molecule has 1 aromatic heterocycles. The Morgan fingerprint density at radius 1 is 1.17 bits per heavy atom. The number of hydrogen-bond donors (Lipinski definition) is 1. The standard InChI is InChI=1S/C18H18N4OS/c1-12-4-7-15(8-5-12)17-20-21-18(24)22(17)19-11-14-6-9-16(23-3)13(2)10-14/h4-11H,1-3H3,(H,21,24)/b19-11+. The van der Waals surface area contributed by atoms with Crippen LogP contribution in [0.5, 0.6) is 5.75 Å². The fraction of sp³-hybridized carbons (Fsp3) is 0.167. The largest absolute Gasteiger partial charge is 0.496 e. The number of benzene rings is 2. The summed E-state index contributed by atoms with van der Waals surface area (Å²) in [7, 11) is 1.66. The smallest absolute Gasteiger partial charge is 0.216 e. The molecule has 0 atom stereocenters. The summed E-state index contributed by atoms with van der Waals surface area (Å²) in [6.45, 7) is 4.04. The number of methoxy groups -OCH3 is 1. The van der Waals surface area contributed by atoms with E-state index in [0.29, 0.717) is 10.6 Å². The van der Waals surface area contributed by atoms with Gasteiger partial charge in [-0.3, -0.25) is 0 Å². The number of H-pyrrole nitrogens is 1. The SMILES string of the molecule is COc1ccc(/C=N/n2c(-c3ccc(C)cc3)n[nH]c2=S)cc1C. The van der Waals surface area contributed by atoms with Crippen LogP contribution in [0.15, 0.2) is 47.6 Å². The summed E-state index contributed by atoms with van der Waals surface area (Å²) in [6, 6.07) is 14.0. The zero-order valence-electron chi connectivity index (χ0n) is 13.8. The molecule has 0 radical (unpaired) electrons. The number of rotatable bonds is 4. The molecule has 0 spiro atoms. The molecule has 24 heavy (non-hydrogen) atoms. The fourth-order valence-corrected chi connectivity index (χ4v) is 2.57. The van der Waals surface area contributed by atoms with Crippen LogP contribution in [0.4, 0.5) is 0 Å². The molecule has 1 heterocycles. The molecule has 1 N–H and O–H groups in total. The van der Waals surface area contributed by atoms with Gasteiger partial charge in [-0.25, -0.2) is 5.10 Å². The van der Waals surface area contributed by atoms with Crippen LogP contribution in [0, 0.1) is 18.6 Å². The lowest BCUT2D eigenvalue weighted by molar-refractivity contribution is 0.411. The van der Waals surface area contributed by atoms with E-state index in [2.05, 4.69) is 15.3 Å². The lowest BCUT2D eigenvalue weighted by atomic mass is 10.1. The summed E-state index contributed by atoms with van der Waals surface area (Å²) in [4.78, 5) is 0. The van der Waals surface area contributed by atoms with Crippen molar-refractivity contribution >= 4 is 18.4 Å². The number of ether oxygens (including phenoxy) is 1. The predicted octanol–water partition coefficient (Wildman–Crippen LogP) is 4.12. The van der Waals surface area contributed by atoms with Crippen LogP contribution in [0.25, 0.3) is 11.4 Å². The number of hydrogen-bond acceptors (Lipinski definition) is 4. The topological polar surface area (TPSA) is 55.2 Å². The van der Waals surface area contributed by atoms with Crippen molar-refractivity contribution in [2.45, 2.75) is 13.8 Å². The lowest BCUT2D eigenvalue weighted by Crippen LogP contribution is -1.96. The summed E-state index contributed by atoms with van der Waals surface area (Å²) in [6.07, 6.45) is 1.76. The van der Waals surface area contributed by atoms with Crippen molar-refractivity contribution in [3.63, 3.8) is 0 Å². The van der Waals surface area contributed by atoms with Crippen molar-refractivity contribution in [1.82, 2.24) is 14.9 Å². The molecular weight excluding hydrogens is 320 g/mol. The average Bonchev–Trinajstić information content (AvgIpc) is 2.94. The van der Waals surface area contributed by atoms with Crippen LogP contribution in [0.1, 0.15) is 16.7 Å². The quantitative estimate of drug-likeness (QED) is 0.575. The molecule has 0 unspecified atom stereocenters. The molecule has 0 aliphatic heterocycles. The second-order valence-corrected chi connectivity index (χ2v) is 5.89. The van der Waals surface area contributed by atoms with Gasteiger partial charge in [-0.15, -0.1) is 0 Å². The lowest BCUT2D eigenvalue weighted by Gasteiger charge is -2.05. The van der Waals surface area contributed by atoms with Gasteiger partial charge in [-0.1, -0.05) is 29.8 Å². The Morgan fingerprint density at radius 2 is 1.92 bits per heavy atom. The highest BCUT2D eigenvalue weighted by Gasteiger charge is 2.07. The van der Waals surface area contributed by atoms with Gasteiger partial charge in [0.2, 0.25) is 4.77 Å². The summed E-state index contributed by atoms with van der Waals surface area (Å²) in [5.41, 5.74) is 4.16. The molecule has 6 heteroatoms. The van der Waals surface area contributed by atoms with Gasteiger partial charge in [0.15, 0.2) is 5.82 Å². The van der Waals surface area contributed by atoms with Crippen LogP contribution in [0.3, 0.4) is 0 Å². The molecule has 122 valence electrons. The first-order valence-electron chi connectivity index (χ1n) is 7.52. The van der Waals surface area contributed by atoms with Crippen molar-refractivity contribution in [3.05, 3.63) is 63.9 Å². The van der Waals surface area contributed by atoms with Gasteiger partial charge in [-0.05, 0) is 55.4 Å². The number of nitrogens with zero attached hydrogens (tertiary/aromatic N) is 3. The molecule has 3 rings (SSSR count). The molecule has 0 aliphatic rings. The minimum absolute atomic E-state index is 0.451. The Bertz CT molecular complexity index is 938. The van der Waals surface area contributed by atoms with E-state index >= 15 is 0 Å². The summed E-state index contributed by atoms with van der Waals surface area (Å²) in [5, 5.41) is 11.6. The van der Waals surface area contributed by atoms with Crippen LogP contribution >= 0.6 is 12.2 Å². The van der Waals surface area contributed by atoms with Gasteiger partial charge < -0.3 is 4.74 Å². The molecular formula is C18H18N4OS. The second kappa shape index (κ2) is 6.80. The van der Waals surface area contributed by atoms with E-state index in [0.717, 1.165) is 22.4 Å². The van der Waals surface area contributed by atoms with E-state index in [1.54, 1.807) is 18.0 Å². The van der Waals surface area contributed by atoms with Gasteiger partial charge in [0.25, 0.3) is 0 Å².